The summed E-state index contributed by atoms with van der Waals surface area (Å²) in [7, 11) is 1.81. The molecule has 1 aliphatic heterocycles. The van der Waals surface area contributed by atoms with Crippen molar-refractivity contribution < 1.29 is 13.2 Å². The molecule has 1 atom stereocenters. The van der Waals surface area contributed by atoms with Crippen molar-refractivity contribution in [2.75, 3.05) is 13.1 Å². The van der Waals surface area contributed by atoms with Gasteiger partial charge in [-0.1, -0.05) is 0 Å². The molecular formula is C13H15F3N6S. The lowest BCUT2D eigenvalue weighted by molar-refractivity contribution is -0.141. The molecule has 2 aromatic rings. The average Bonchev–Trinajstić information content (AvgIpc) is 2.89. The molecule has 1 aliphatic rings. The van der Waals surface area contributed by atoms with E-state index in [1.54, 1.807) is 11.6 Å². The average molecular weight is 344 g/mol. The normalized spacial score (nSPS) is 19.0. The molecule has 3 rings (SSSR count). The third kappa shape index (κ3) is 3.63. The second-order valence-corrected chi connectivity index (χ2v) is 6.20. The van der Waals surface area contributed by atoms with Gasteiger partial charge in [-0.05, 0) is 37.2 Å². The Bertz CT molecular complexity index is 681. The van der Waals surface area contributed by atoms with Crippen molar-refractivity contribution in [1.29, 1.82) is 0 Å². The molecule has 1 saturated heterocycles. The highest BCUT2D eigenvalue weighted by Gasteiger charge is 2.33. The minimum Gasteiger partial charge on any atom is -0.316 e. The number of nitrogens with one attached hydrogen (secondary N) is 1. The summed E-state index contributed by atoms with van der Waals surface area (Å²) in [5.74, 6) is 1.09. The van der Waals surface area contributed by atoms with Crippen molar-refractivity contribution in [1.82, 2.24) is 30.0 Å². The van der Waals surface area contributed by atoms with Gasteiger partial charge >= 0.3 is 6.18 Å². The largest absolute Gasteiger partial charge is 0.433 e. The Morgan fingerprint density at radius 1 is 1.35 bits per heavy atom. The van der Waals surface area contributed by atoms with E-state index in [1.807, 2.05) is 0 Å². The zero-order chi connectivity index (χ0) is 16.4. The third-order valence-corrected chi connectivity index (χ3v) is 4.55. The van der Waals surface area contributed by atoms with Crippen molar-refractivity contribution in [2.45, 2.75) is 35.2 Å². The fraction of sp³-hybridized carbons (Fsp3) is 0.538. The molecule has 124 valence electrons. The van der Waals surface area contributed by atoms with Crippen molar-refractivity contribution in [3.63, 3.8) is 0 Å². The molecule has 6 nitrogen and oxygen atoms in total. The van der Waals surface area contributed by atoms with Gasteiger partial charge in [0, 0.05) is 25.7 Å². The minimum atomic E-state index is -4.49. The van der Waals surface area contributed by atoms with Crippen LogP contribution in [0.4, 0.5) is 13.2 Å². The van der Waals surface area contributed by atoms with Gasteiger partial charge in [-0.3, -0.25) is 0 Å². The fourth-order valence-electron chi connectivity index (χ4n) is 2.47. The van der Waals surface area contributed by atoms with Crippen molar-refractivity contribution in [2.24, 2.45) is 7.05 Å². The van der Waals surface area contributed by atoms with Crippen LogP contribution >= 0.6 is 11.8 Å². The van der Waals surface area contributed by atoms with E-state index < -0.39 is 11.9 Å². The predicted octanol–water partition coefficient (Wildman–Crippen LogP) is 2.24. The topological polar surface area (TPSA) is 68.5 Å². The summed E-state index contributed by atoms with van der Waals surface area (Å²) in [6.45, 7) is 1.82. The van der Waals surface area contributed by atoms with Crippen LogP contribution in [0.1, 0.15) is 30.3 Å². The molecule has 2 aromatic heterocycles. The molecule has 10 heteroatoms. The molecule has 0 saturated carbocycles. The van der Waals surface area contributed by atoms with Gasteiger partial charge in [-0.2, -0.15) is 13.2 Å². The summed E-state index contributed by atoms with van der Waals surface area (Å²) in [6, 6.07) is 0.847. The van der Waals surface area contributed by atoms with Gasteiger partial charge in [0.15, 0.2) is 10.3 Å². The van der Waals surface area contributed by atoms with E-state index in [0.717, 1.165) is 55.8 Å². The first-order valence-corrected chi connectivity index (χ1v) is 7.95. The minimum absolute atomic E-state index is 0.00337. The summed E-state index contributed by atoms with van der Waals surface area (Å²) in [5.41, 5.74) is -0.964. The lowest BCUT2D eigenvalue weighted by atomic mass is 9.99. The van der Waals surface area contributed by atoms with Crippen LogP contribution in [0.5, 0.6) is 0 Å². The molecule has 1 fully saturated rings. The molecule has 23 heavy (non-hydrogen) atoms. The number of nitrogens with zero attached hydrogens (tertiary/aromatic N) is 5. The van der Waals surface area contributed by atoms with Gasteiger partial charge in [0.1, 0.15) is 11.5 Å². The molecule has 0 spiro atoms. The van der Waals surface area contributed by atoms with Crippen LogP contribution < -0.4 is 5.32 Å². The molecule has 0 unspecified atom stereocenters. The van der Waals surface area contributed by atoms with E-state index in [2.05, 4.69) is 25.5 Å². The lowest BCUT2D eigenvalue weighted by Crippen LogP contribution is -2.29. The number of hydrogen-bond donors (Lipinski definition) is 1. The number of halogens is 3. The summed E-state index contributed by atoms with van der Waals surface area (Å²) < 4.78 is 39.9. The molecule has 1 N–H and O–H groups in total. The predicted molar refractivity (Wildman–Crippen MR) is 77.0 cm³/mol. The first kappa shape index (κ1) is 16.2. The van der Waals surface area contributed by atoms with Crippen molar-refractivity contribution >= 4 is 11.8 Å². The monoisotopic (exact) mass is 344 g/mol. The van der Waals surface area contributed by atoms with Crippen LogP contribution in [0.15, 0.2) is 22.6 Å². The standard InChI is InChI=1S/C13H15F3N6S/c1-22-10(8-3-2-5-17-7-8)20-21-12(22)23-11-18-6-4-9(19-11)13(14,15)16/h4,6,8,17H,2-3,5,7H2,1H3/t8-/m0/s1. The summed E-state index contributed by atoms with van der Waals surface area (Å²) >= 11 is 0.976. The van der Waals surface area contributed by atoms with Crippen LogP contribution in [0.25, 0.3) is 0 Å². The highest BCUT2D eigenvalue weighted by Crippen LogP contribution is 2.31. The second-order valence-electron chi connectivity index (χ2n) is 5.27. The molecule has 0 radical (unpaired) electrons. The SMILES string of the molecule is Cn1c(Sc2nccc(C(F)(F)F)n2)nnc1[C@H]1CCCNC1. The third-order valence-electron chi connectivity index (χ3n) is 3.64. The highest BCUT2D eigenvalue weighted by molar-refractivity contribution is 7.99. The van der Waals surface area contributed by atoms with Crippen LogP contribution in [-0.2, 0) is 13.2 Å². The molecule has 0 aromatic carbocycles. The molecule has 0 amide bonds. The first-order chi connectivity index (χ1) is 10.9. The van der Waals surface area contributed by atoms with Crippen LogP contribution in [-0.4, -0.2) is 37.8 Å². The van der Waals surface area contributed by atoms with E-state index in [0.29, 0.717) is 5.16 Å². The van der Waals surface area contributed by atoms with E-state index in [1.165, 1.54) is 0 Å². The smallest absolute Gasteiger partial charge is 0.316 e. The van der Waals surface area contributed by atoms with Gasteiger partial charge < -0.3 is 9.88 Å². The van der Waals surface area contributed by atoms with Crippen LogP contribution in [0.2, 0.25) is 0 Å². The van der Waals surface area contributed by atoms with Gasteiger partial charge in [-0.15, -0.1) is 10.2 Å². The molecule has 0 aliphatic carbocycles. The van der Waals surface area contributed by atoms with E-state index >= 15 is 0 Å². The quantitative estimate of drug-likeness (QED) is 0.862. The molecule has 3 heterocycles. The Morgan fingerprint density at radius 2 is 2.17 bits per heavy atom. The summed E-state index contributed by atoms with van der Waals surface area (Å²) in [6.07, 6.45) is -1.31. The summed E-state index contributed by atoms with van der Waals surface area (Å²) in [4.78, 5) is 7.41. The van der Waals surface area contributed by atoms with Gasteiger partial charge in [0.05, 0.1) is 0 Å². The van der Waals surface area contributed by atoms with Gasteiger partial charge in [0.25, 0.3) is 0 Å². The van der Waals surface area contributed by atoms with Gasteiger partial charge in [0.2, 0.25) is 0 Å². The Balaban J connectivity index is 1.80. The Kier molecular flexibility index (Phi) is 4.53. The maximum atomic E-state index is 12.7. The first-order valence-electron chi connectivity index (χ1n) is 7.13. The molecular weight excluding hydrogens is 329 g/mol. The number of alkyl halides is 3. The van der Waals surface area contributed by atoms with E-state index in [9.17, 15) is 13.2 Å². The van der Waals surface area contributed by atoms with Crippen molar-refractivity contribution in [3.05, 3.63) is 23.8 Å². The lowest BCUT2D eigenvalue weighted by Gasteiger charge is -2.21. The molecule has 0 bridgehead atoms. The van der Waals surface area contributed by atoms with Crippen LogP contribution in [0, 0.1) is 0 Å². The number of rotatable bonds is 3. The summed E-state index contributed by atoms with van der Waals surface area (Å²) in [5, 5.41) is 12.0. The maximum absolute atomic E-state index is 12.7. The van der Waals surface area contributed by atoms with E-state index in [4.69, 9.17) is 0 Å². The Hall–Kier alpha value is -1.68. The highest BCUT2D eigenvalue weighted by atomic mass is 32.2. The maximum Gasteiger partial charge on any atom is 0.433 e. The van der Waals surface area contributed by atoms with E-state index in [-0.39, 0.29) is 11.1 Å². The van der Waals surface area contributed by atoms with Gasteiger partial charge in [-0.25, -0.2) is 9.97 Å². The van der Waals surface area contributed by atoms with Crippen LogP contribution in [0.3, 0.4) is 0 Å². The number of hydrogen-bond acceptors (Lipinski definition) is 6. The number of piperidine rings is 1. The Labute approximate surface area is 134 Å². The Morgan fingerprint density at radius 3 is 2.87 bits per heavy atom. The zero-order valence-corrected chi connectivity index (χ0v) is 13.2. The van der Waals surface area contributed by atoms with Crippen molar-refractivity contribution in [3.8, 4) is 0 Å². The second kappa shape index (κ2) is 6.44. The zero-order valence-electron chi connectivity index (χ0n) is 12.3. The fourth-order valence-corrected chi connectivity index (χ4v) is 3.21. The number of aromatic nitrogens is 5.